The highest BCUT2D eigenvalue weighted by molar-refractivity contribution is 7.89. The Morgan fingerprint density at radius 2 is 1.80 bits per heavy atom. The highest BCUT2D eigenvalue weighted by Crippen LogP contribution is 2.23. The molecule has 4 nitrogen and oxygen atoms in total. The third-order valence-corrected chi connectivity index (χ3v) is 4.73. The molecular formula is C10H22N2O2S. The lowest BCUT2D eigenvalue weighted by molar-refractivity contribution is 0.222. The smallest absolute Gasteiger partial charge is 0.215 e. The van der Waals surface area contributed by atoms with Crippen LogP contribution in [-0.4, -0.2) is 37.6 Å². The SMILES string of the molecule is CC(N)CS(=O)(=O)N1CC(C)CC(C)C1. The van der Waals surface area contributed by atoms with E-state index in [0.29, 0.717) is 24.9 Å². The van der Waals surface area contributed by atoms with Crippen LogP contribution in [-0.2, 0) is 10.0 Å². The normalized spacial score (nSPS) is 31.5. The van der Waals surface area contributed by atoms with Crippen molar-refractivity contribution in [3.05, 3.63) is 0 Å². The van der Waals surface area contributed by atoms with Gasteiger partial charge in [0, 0.05) is 19.1 Å². The molecule has 1 fully saturated rings. The molecule has 3 unspecified atom stereocenters. The monoisotopic (exact) mass is 234 g/mol. The minimum Gasteiger partial charge on any atom is -0.327 e. The second-order valence-corrected chi connectivity index (χ2v) is 7.03. The van der Waals surface area contributed by atoms with Crippen LogP contribution >= 0.6 is 0 Å². The molecule has 0 aliphatic carbocycles. The van der Waals surface area contributed by atoms with Crippen LogP contribution in [0.2, 0.25) is 0 Å². The molecule has 0 saturated carbocycles. The fraction of sp³-hybridized carbons (Fsp3) is 1.00. The van der Waals surface area contributed by atoms with Crippen LogP contribution in [0.1, 0.15) is 27.2 Å². The molecule has 0 spiro atoms. The van der Waals surface area contributed by atoms with Crippen molar-refractivity contribution in [2.24, 2.45) is 17.6 Å². The largest absolute Gasteiger partial charge is 0.327 e. The van der Waals surface area contributed by atoms with Gasteiger partial charge in [-0.2, -0.15) is 0 Å². The van der Waals surface area contributed by atoms with Gasteiger partial charge in [-0.05, 0) is 25.2 Å². The highest BCUT2D eigenvalue weighted by atomic mass is 32.2. The van der Waals surface area contributed by atoms with E-state index in [1.54, 1.807) is 11.2 Å². The summed E-state index contributed by atoms with van der Waals surface area (Å²) in [4.78, 5) is 0. The molecule has 5 heteroatoms. The summed E-state index contributed by atoms with van der Waals surface area (Å²) in [7, 11) is -3.14. The Kier molecular flexibility index (Phi) is 4.14. The molecular weight excluding hydrogens is 212 g/mol. The minimum atomic E-state index is -3.14. The maximum absolute atomic E-state index is 11.9. The van der Waals surface area contributed by atoms with Crippen molar-refractivity contribution in [1.82, 2.24) is 4.31 Å². The molecule has 0 radical (unpaired) electrons. The Labute approximate surface area is 92.9 Å². The molecule has 1 rings (SSSR count). The van der Waals surface area contributed by atoms with Gasteiger partial charge in [-0.3, -0.25) is 0 Å². The summed E-state index contributed by atoms with van der Waals surface area (Å²) < 4.78 is 25.5. The van der Waals surface area contributed by atoms with E-state index in [4.69, 9.17) is 5.73 Å². The molecule has 0 amide bonds. The number of sulfonamides is 1. The lowest BCUT2D eigenvalue weighted by atomic mass is 9.94. The first-order chi connectivity index (χ1) is 6.81. The molecule has 0 aromatic heterocycles. The number of rotatable bonds is 3. The van der Waals surface area contributed by atoms with Gasteiger partial charge in [-0.25, -0.2) is 12.7 Å². The van der Waals surface area contributed by atoms with E-state index in [0.717, 1.165) is 6.42 Å². The number of nitrogens with two attached hydrogens (primary N) is 1. The standard InChI is InChI=1S/C10H22N2O2S/c1-8-4-9(2)6-12(5-8)15(13,14)7-10(3)11/h8-10H,4-7,11H2,1-3H3. The van der Waals surface area contributed by atoms with Gasteiger partial charge in [0.25, 0.3) is 0 Å². The molecule has 1 saturated heterocycles. The molecule has 0 bridgehead atoms. The second-order valence-electron chi connectivity index (χ2n) is 5.02. The predicted molar refractivity (Wildman–Crippen MR) is 62.0 cm³/mol. The zero-order chi connectivity index (χ0) is 11.6. The van der Waals surface area contributed by atoms with Gasteiger partial charge in [-0.15, -0.1) is 0 Å². The van der Waals surface area contributed by atoms with Crippen molar-refractivity contribution in [2.45, 2.75) is 33.2 Å². The Hall–Kier alpha value is -0.130. The molecule has 2 N–H and O–H groups in total. The van der Waals surface area contributed by atoms with Crippen molar-refractivity contribution in [3.8, 4) is 0 Å². The van der Waals surface area contributed by atoms with Gasteiger partial charge < -0.3 is 5.73 Å². The van der Waals surface area contributed by atoms with Crippen LogP contribution in [0.3, 0.4) is 0 Å². The van der Waals surface area contributed by atoms with Crippen LogP contribution in [0.25, 0.3) is 0 Å². The third kappa shape index (κ3) is 3.74. The van der Waals surface area contributed by atoms with Gasteiger partial charge >= 0.3 is 0 Å². The second kappa shape index (κ2) is 4.80. The Balaban J connectivity index is 2.70. The first kappa shape index (κ1) is 12.9. The predicted octanol–water partition coefficient (Wildman–Crippen LogP) is 0.641. The molecule has 15 heavy (non-hydrogen) atoms. The third-order valence-electron chi connectivity index (χ3n) is 2.70. The zero-order valence-corrected chi connectivity index (χ0v) is 10.6. The van der Waals surface area contributed by atoms with E-state index < -0.39 is 10.0 Å². The molecule has 90 valence electrons. The van der Waals surface area contributed by atoms with Crippen LogP contribution in [0.15, 0.2) is 0 Å². The number of piperidine rings is 1. The van der Waals surface area contributed by atoms with Gasteiger partial charge in [0.05, 0.1) is 5.75 Å². The quantitative estimate of drug-likeness (QED) is 0.779. The van der Waals surface area contributed by atoms with Gasteiger partial charge in [0.2, 0.25) is 10.0 Å². The van der Waals surface area contributed by atoms with Crippen LogP contribution < -0.4 is 5.73 Å². The highest BCUT2D eigenvalue weighted by Gasteiger charge is 2.30. The number of hydrogen-bond donors (Lipinski definition) is 1. The maximum atomic E-state index is 11.9. The molecule has 0 aromatic carbocycles. The van der Waals surface area contributed by atoms with E-state index in [9.17, 15) is 8.42 Å². The lowest BCUT2D eigenvalue weighted by Crippen LogP contribution is -2.45. The van der Waals surface area contributed by atoms with Crippen molar-refractivity contribution in [3.63, 3.8) is 0 Å². The Morgan fingerprint density at radius 1 is 1.33 bits per heavy atom. The van der Waals surface area contributed by atoms with E-state index in [1.165, 1.54) is 0 Å². The lowest BCUT2D eigenvalue weighted by Gasteiger charge is -2.34. The Morgan fingerprint density at radius 3 is 2.20 bits per heavy atom. The molecule has 1 aliphatic heterocycles. The number of nitrogens with zero attached hydrogens (tertiary/aromatic N) is 1. The summed E-state index contributed by atoms with van der Waals surface area (Å²) in [6, 6.07) is -0.289. The van der Waals surface area contributed by atoms with Crippen molar-refractivity contribution >= 4 is 10.0 Å². The average Bonchev–Trinajstić information content (AvgIpc) is 1.99. The van der Waals surface area contributed by atoms with E-state index in [2.05, 4.69) is 13.8 Å². The van der Waals surface area contributed by atoms with Gasteiger partial charge in [0.15, 0.2) is 0 Å². The molecule has 0 aromatic rings. The van der Waals surface area contributed by atoms with E-state index in [1.807, 2.05) is 0 Å². The molecule has 1 heterocycles. The molecule has 3 atom stereocenters. The van der Waals surface area contributed by atoms with Crippen molar-refractivity contribution in [2.75, 3.05) is 18.8 Å². The molecule has 1 aliphatic rings. The van der Waals surface area contributed by atoms with E-state index in [-0.39, 0.29) is 11.8 Å². The van der Waals surface area contributed by atoms with E-state index >= 15 is 0 Å². The summed E-state index contributed by atoms with van der Waals surface area (Å²) in [5, 5.41) is 0. The number of hydrogen-bond acceptors (Lipinski definition) is 3. The fourth-order valence-electron chi connectivity index (χ4n) is 2.27. The zero-order valence-electron chi connectivity index (χ0n) is 9.81. The minimum absolute atomic E-state index is 0.0619. The fourth-order valence-corrected chi connectivity index (χ4v) is 4.11. The average molecular weight is 234 g/mol. The summed E-state index contributed by atoms with van der Waals surface area (Å²) in [6.45, 7) is 7.24. The summed E-state index contributed by atoms with van der Waals surface area (Å²) in [5.74, 6) is 0.972. The van der Waals surface area contributed by atoms with Gasteiger partial charge in [0.1, 0.15) is 0 Å². The van der Waals surface area contributed by atoms with Crippen LogP contribution in [0.5, 0.6) is 0 Å². The van der Waals surface area contributed by atoms with Gasteiger partial charge in [-0.1, -0.05) is 13.8 Å². The Bertz CT molecular complexity index is 291. The first-order valence-corrected chi connectivity index (χ1v) is 7.15. The van der Waals surface area contributed by atoms with Crippen LogP contribution in [0.4, 0.5) is 0 Å². The topological polar surface area (TPSA) is 63.4 Å². The summed E-state index contributed by atoms with van der Waals surface area (Å²) in [6.07, 6.45) is 1.12. The van der Waals surface area contributed by atoms with Crippen molar-refractivity contribution < 1.29 is 8.42 Å². The first-order valence-electron chi connectivity index (χ1n) is 5.54. The van der Waals surface area contributed by atoms with Crippen molar-refractivity contribution in [1.29, 1.82) is 0 Å². The summed E-state index contributed by atoms with van der Waals surface area (Å²) >= 11 is 0. The van der Waals surface area contributed by atoms with Crippen LogP contribution in [0, 0.1) is 11.8 Å². The summed E-state index contributed by atoms with van der Waals surface area (Å²) in [5.41, 5.74) is 5.55. The maximum Gasteiger partial charge on any atom is 0.215 e.